The second-order valence-corrected chi connectivity index (χ2v) is 4.69. The smallest absolute Gasteiger partial charge is 0.339 e. The van der Waals surface area contributed by atoms with Gasteiger partial charge in [-0.2, -0.15) is 0 Å². The molecule has 0 aromatic heterocycles. The number of carbonyl (C=O) groups excluding carboxylic acids is 1. The highest BCUT2D eigenvalue weighted by Gasteiger charge is 2.24. The van der Waals surface area contributed by atoms with E-state index in [9.17, 15) is 15.0 Å². The first-order valence-electron chi connectivity index (χ1n) is 6.19. The fourth-order valence-corrected chi connectivity index (χ4v) is 1.84. The summed E-state index contributed by atoms with van der Waals surface area (Å²) in [7, 11) is 3.76. The SMILES string of the molecule is CCOC(=O)C(O)c1ccc(C)c(CN(C)C)c1O. The van der Waals surface area contributed by atoms with Crippen LogP contribution in [0.4, 0.5) is 0 Å². The number of hydrogen-bond donors (Lipinski definition) is 2. The highest BCUT2D eigenvalue weighted by molar-refractivity contribution is 5.77. The van der Waals surface area contributed by atoms with E-state index in [-0.39, 0.29) is 17.9 Å². The van der Waals surface area contributed by atoms with Gasteiger partial charge in [0.1, 0.15) is 5.75 Å². The lowest BCUT2D eigenvalue weighted by atomic mass is 9.99. The Bertz CT molecular complexity index is 457. The maximum Gasteiger partial charge on any atom is 0.339 e. The van der Waals surface area contributed by atoms with E-state index in [0.29, 0.717) is 12.1 Å². The highest BCUT2D eigenvalue weighted by Crippen LogP contribution is 2.31. The minimum Gasteiger partial charge on any atom is -0.507 e. The molecule has 0 fully saturated rings. The number of phenols is 1. The zero-order chi connectivity index (χ0) is 14.6. The summed E-state index contributed by atoms with van der Waals surface area (Å²) >= 11 is 0. The molecular formula is C14H21NO4. The standard InChI is InChI=1S/C14H21NO4/c1-5-19-14(18)13(17)10-7-6-9(2)11(12(10)16)8-15(3)4/h6-7,13,16-17H,5,8H2,1-4H3. The lowest BCUT2D eigenvalue weighted by molar-refractivity contribution is -0.153. The number of nitrogens with zero attached hydrogens (tertiary/aromatic N) is 1. The molecule has 2 N–H and O–H groups in total. The van der Waals surface area contributed by atoms with Crippen LogP contribution < -0.4 is 0 Å². The summed E-state index contributed by atoms with van der Waals surface area (Å²) in [6, 6.07) is 3.32. The fourth-order valence-electron chi connectivity index (χ4n) is 1.84. The molecule has 0 heterocycles. The van der Waals surface area contributed by atoms with Gasteiger partial charge in [0.2, 0.25) is 0 Å². The van der Waals surface area contributed by atoms with Crippen LogP contribution in [0.5, 0.6) is 5.75 Å². The number of phenolic OH excluding ortho intramolecular Hbond substituents is 1. The zero-order valence-electron chi connectivity index (χ0n) is 11.8. The van der Waals surface area contributed by atoms with E-state index in [1.54, 1.807) is 19.1 Å². The summed E-state index contributed by atoms with van der Waals surface area (Å²) in [4.78, 5) is 13.4. The van der Waals surface area contributed by atoms with Crippen molar-refractivity contribution in [2.24, 2.45) is 0 Å². The monoisotopic (exact) mass is 267 g/mol. The van der Waals surface area contributed by atoms with E-state index in [4.69, 9.17) is 4.74 Å². The van der Waals surface area contributed by atoms with Crippen LogP contribution in [-0.2, 0) is 16.1 Å². The number of aromatic hydroxyl groups is 1. The highest BCUT2D eigenvalue weighted by atomic mass is 16.5. The molecule has 1 atom stereocenters. The lowest BCUT2D eigenvalue weighted by Crippen LogP contribution is -2.17. The third-order valence-corrected chi connectivity index (χ3v) is 2.83. The molecule has 106 valence electrons. The van der Waals surface area contributed by atoms with Gasteiger partial charge in [0.05, 0.1) is 6.61 Å². The van der Waals surface area contributed by atoms with Crippen molar-refractivity contribution in [1.29, 1.82) is 0 Å². The van der Waals surface area contributed by atoms with Crippen LogP contribution in [0.15, 0.2) is 12.1 Å². The summed E-state index contributed by atoms with van der Waals surface area (Å²) < 4.78 is 4.75. The van der Waals surface area contributed by atoms with Gasteiger partial charge in [0.15, 0.2) is 6.10 Å². The van der Waals surface area contributed by atoms with Gasteiger partial charge in [-0.3, -0.25) is 0 Å². The maximum atomic E-state index is 11.5. The Morgan fingerprint density at radius 2 is 2.05 bits per heavy atom. The lowest BCUT2D eigenvalue weighted by Gasteiger charge is -2.18. The average Bonchev–Trinajstić information content (AvgIpc) is 2.34. The predicted octanol–water partition coefficient (Wildman–Crippen LogP) is 1.36. The molecule has 0 aliphatic rings. The van der Waals surface area contributed by atoms with Crippen LogP contribution in [0, 0.1) is 6.92 Å². The average molecular weight is 267 g/mol. The third kappa shape index (κ3) is 3.68. The second kappa shape index (κ2) is 6.54. The Morgan fingerprint density at radius 3 is 2.58 bits per heavy atom. The summed E-state index contributed by atoms with van der Waals surface area (Å²) in [6.45, 7) is 4.25. The van der Waals surface area contributed by atoms with Gasteiger partial charge in [0.25, 0.3) is 0 Å². The number of benzene rings is 1. The van der Waals surface area contributed by atoms with Crippen molar-refractivity contribution in [1.82, 2.24) is 4.90 Å². The van der Waals surface area contributed by atoms with Gasteiger partial charge in [0, 0.05) is 17.7 Å². The second-order valence-electron chi connectivity index (χ2n) is 4.69. The van der Waals surface area contributed by atoms with Crippen molar-refractivity contribution in [2.45, 2.75) is 26.5 Å². The van der Waals surface area contributed by atoms with Crippen LogP contribution >= 0.6 is 0 Å². The summed E-state index contributed by atoms with van der Waals surface area (Å²) in [6.07, 6.45) is -1.46. The van der Waals surface area contributed by atoms with Crippen LogP contribution in [0.3, 0.4) is 0 Å². The van der Waals surface area contributed by atoms with Crippen molar-refractivity contribution >= 4 is 5.97 Å². The molecule has 1 aromatic carbocycles. The van der Waals surface area contributed by atoms with E-state index in [1.165, 1.54) is 0 Å². The molecule has 19 heavy (non-hydrogen) atoms. The summed E-state index contributed by atoms with van der Waals surface area (Å²) in [5.74, 6) is -0.799. The molecule has 0 radical (unpaired) electrons. The largest absolute Gasteiger partial charge is 0.507 e. The van der Waals surface area contributed by atoms with Crippen molar-refractivity contribution in [3.8, 4) is 5.75 Å². The number of aliphatic hydroxyl groups excluding tert-OH is 1. The van der Waals surface area contributed by atoms with E-state index >= 15 is 0 Å². The normalized spacial score (nSPS) is 12.5. The van der Waals surface area contributed by atoms with Gasteiger partial charge in [-0.15, -0.1) is 0 Å². The van der Waals surface area contributed by atoms with Gasteiger partial charge >= 0.3 is 5.97 Å². The van der Waals surface area contributed by atoms with E-state index in [0.717, 1.165) is 5.56 Å². The number of rotatable bonds is 5. The third-order valence-electron chi connectivity index (χ3n) is 2.83. The molecule has 0 aliphatic heterocycles. The number of esters is 1. The van der Waals surface area contributed by atoms with Crippen molar-refractivity contribution in [2.75, 3.05) is 20.7 Å². The number of carbonyl (C=O) groups is 1. The molecule has 1 unspecified atom stereocenters. The number of aryl methyl sites for hydroxylation is 1. The Balaban J connectivity index is 3.12. The Kier molecular flexibility index (Phi) is 5.32. The molecule has 1 aromatic rings. The van der Waals surface area contributed by atoms with E-state index < -0.39 is 12.1 Å². The molecule has 0 saturated heterocycles. The van der Waals surface area contributed by atoms with Crippen LogP contribution in [0.1, 0.15) is 29.7 Å². The topological polar surface area (TPSA) is 70.0 Å². The predicted molar refractivity (Wildman–Crippen MR) is 71.8 cm³/mol. The number of ether oxygens (including phenoxy) is 1. The molecular weight excluding hydrogens is 246 g/mol. The Morgan fingerprint density at radius 1 is 1.42 bits per heavy atom. The fraction of sp³-hybridized carbons (Fsp3) is 0.500. The van der Waals surface area contributed by atoms with Crippen LogP contribution in [0.25, 0.3) is 0 Å². The molecule has 0 spiro atoms. The number of hydrogen-bond acceptors (Lipinski definition) is 5. The van der Waals surface area contributed by atoms with Crippen molar-refractivity contribution in [3.05, 3.63) is 28.8 Å². The molecule has 1 rings (SSSR count). The van der Waals surface area contributed by atoms with Gasteiger partial charge in [-0.25, -0.2) is 4.79 Å². The zero-order valence-corrected chi connectivity index (χ0v) is 11.8. The van der Waals surface area contributed by atoms with E-state index in [2.05, 4.69) is 0 Å². The van der Waals surface area contributed by atoms with Crippen LogP contribution in [0.2, 0.25) is 0 Å². The summed E-state index contributed by atoms with van der Waals surface area (Å²) in [5.41, 5.74) is 1.79. The molecule has 0 amide bonds. The molecule has 0 saturated carbocycles. The Hall–Kier alpha value is -1.59. The quantitative estimate of drug-likeness (QED) is 0.788. The van der Waals surface area contributed by atoms with Crippen molar-refractivity contribution in [3.63, 3.8) is 0 Å². The van der Waals surface area contributed by atoms with Crippen molar-refractivity contribution < 1.29 is 19.7 Å². The number of aliphatic hydroxyl groups is 1. The minimum atomic E-state index is -1.46. The van der Waals surface area contributed by atoms with Gasteiger partial charge in [-0.1, -0.05) is 12.1 Å². The first-order valence-corrected chi connectivity index (χ1v) is 6.19. The first-order chi connectivity index (χ1) is 8.88. The van der Waals surface area contributed by atoms with Gasteiger partial charge < -0.3 is 19.8 Å². The molecule has 5 nitrogen and oxygen atoms in total. The molecule has 5 heteroatoms. The molecule has 0 aliphatic carbocycles. The molecule has 0 bridgehead atoms. The Labute approximate surface area is 113 Å². The maximum absolute atomic E-state index is 11.5. The first kappa shape index (κ1) is 15.5. The minimum absolute atomic E-state index is 0.0470. The van der Waals surface area contributed by atoms with Crippen LogP contribution in [-0.4, -0.2) is 41.8 Å². The van der Waals surface area contributed by atoms with Gasteiger partial charge in [-0.05, 0) is 33.5 Å². The summed E-state index contributed by atoms with van der Waals surface area (Å²) in [5, 5.41) is 20.1. The van der Waals surface area contributed by atoms with E-state index in [1.807, 2.05) is 25.9 Å².